The molecule has 0 radical (unpaired) electrons. The quantitative estimate of drug-likeness (QED) is 0.628. The molecule has 0 atom stereocenters. The first-order valence-corrected chi connectivity index (χ1v) is 12.8. The molecule has 3 aliphatic rings. The average Bonchev–Trinajstić information content (AvgIpc) is 2.81. The standard InChI is InChI=1S/C22H32N6O4S/c1-17-4-5-18(2)20(16-17)28-21(29)7-6-19(23-28)22(30)25-10-14-27(15-11-25)33(31,32)26-12-8-24(3)9-13-26/h4-5,16H,6-15H2,1-3H3. The molecule has 0 N–H and O–H groups in total. The summed E-state index contributed by atoms with van der Waals surface area (Å²) in [5.74, 6) is -0.363. The molecule has 0 unspecified atom stereocenters. The summed E-state index contributed by atoms with van der Waals surface area (Å²) in [5.41, 5.74) is 2.95. The molecule has 2 saturated heterocycles. The van der Waals surface area contributed by atoms with Gasteiger partial charge in [-0.15, -0.1) is 0 Å². The molecule has 0 spiro atoms. The Kier molecular flexibility index (Phi) is 6.85. The fourth-order valence-electron chi connectivity index (χ4n) is 4.33. The summed E-state index contributed by atoms with van der Waals surface area (Å²) in [4.78, 5) is 29.5. The van der Waals surface area contributed by atoms with Crippen LogP contribution in [0.15, 0.2) is 23.3 Å². The number of hydrazone groups is 1. The lowest BCUT2D eigenvalue weighted by molar-refractivity contribution is -0.125. The second-order valence-electron chi connectivity index (χ2n) is 8.94. The number of carbonyl (C=O) groups is 2. The van der Waals surface area contributed by atoms with Crippen molar-refractivity contribution in [3.05, 3.63) is 29.3 Å². The molecule has 10 nitrogen and oxygen atoms in total. The second kappa shape index (κ2) is 9.49. The fourth-order valence-corrected chi connectivity index (χ4v) is 5.91. The summed E-state index contributed by atoms with van der Waals surface area (Å²) >= 11 is 0. The zero-order valence-electron chi connectivity index (χ0n) is 19.5. The van der Waals surface area contributed by atoms with Crippen molar-refractivity contribution in [2.45, 2.75) is 26.7 Å². The van der Waals surface area contributed by atoms with Crippen LogP contribution >= 0.6 is 0 Å². The number of amides is 2. The average molecular weight is 477 g/mol. The first-order chi connectivity index (χ1) is 15.7. The molecular formula is C22H32N6O4S. The van der Waals surface area contributed by atoms with Crippen molar-refractivity contribution in [1.29, 1.82) is 0 Å². The molecule has 1 aromatic carbocycles. The minimum atomic E-state index is -3.52. The number of likely N-dealkylation sites (N-methyl/N-ethyl adjacent to an activating group) is 1. The van der Waals surface area contributed by atoms with Gasteiger partial charge < -0.3 is 9.80 Å². The molecule has 3 aliphatic heterocycles. The molecular weight excluding hydrogens is 444 g/mol. The first kappa shape index (κ1) is 23.8. The van der Waals surface area contributed by atoms with Gasteiger partial charge in [0.1, 0.15) is 5.71 Å². The number of benzene rings is 1. The maximum Gasteiger partial charge on any atom is 0.282 e. The van der Waals surface area contributed by atoms with Crippen molar-refractivity contribution >= 4 is 33.4 Å². The molecule has 4 rings (SSSR count). The summed E-state index contributed by atoms with van der Waals surface area (Å²) < 4.78 is 29.0. The van der Waals surface area contributed by atoms with Crippen LogP contribution in [0.1, 0.15) is 24.0 Å². The largest absolute Gasteiger partial charge is 0.335 e. The van der Waals surface area contributed by atoms with Crippen LogP contribution < -0.4 is 5.01 Å². The Morgan fingerprint density at radius 2 is 1.52 bits per heavy atom. The fraction of sp³-hybridized carbons (Fsp3) is 0.591. The monoisotopic (exact) mass is 476 g/mol. The van der Waals surface area contributed by atoms with Crippen molar-refractivity contribution in [3.8, 4) is 0 Å². The van der Waals surface area contributed by atoms with Crippen LogP contribution in [0.5, 0.6) is 0 Å². The van der Waals surface area contributed by atoms with Gasteiger partial charge in [0.2, 0.25) is 5.91 Å². The van der Waals surface area contributed by atoms with Crippen molar-refractivity contribution in [2.75, 3.05) is 64.4 Å². The Labute approximate surface area is 195 Å². The van der Waals surface area contributed by atoms with Crippen LogP contribution in [0.2, 0.25) is 0 Å². The van der Waals surface area contributed by atoms with E-state index < -0.39 is 10.2 Å². The second-order valence-corrected chi connectivity index (χ2v) is 10.9. The molecule has 11 heteroatoms. The van der Waals surface area contributed by atoms with Crippen molar-refractivity contribution < 1.29 is 18.0 Å². The summed E-state index contributed by atoms with van der Waals surface area (Å²) in [5, 5.41) is 5.76. The van der Waals surface area contributed by atoms with Crippen LogP contribution in [0.25, 0.3) is 0 Å². The van der Waals surface area contributed by atoms with Gasteiger partial charge in [-0.05, 0) is 38.1 Å². The predicted molar refractivity (Wildman–Crippen MR) is 126 cm³/mol. The van der Waals surface area contributed by atoms with Gasteiger partial charge in [0.25, 0.3) is 16.1 Å². The van der Waals surface area contributed by atoms with Crippen LogP contribution in [0.4, 0.5) is 5.69 Å². The lowest BCUT2D eigenvalue weighted by Crippen LogP contribution is -2.58. The number of anilines is 1. The number of rotatable bonds is 4. The SMILES string of the molecule is Cc1ccc(C)c(N2N=C(C(=O)N3CCN(S(=O)(=O)N4CCN(C)CC4)CC3)CCC2=O)c1. The Morgan fingerprint density at radius 1 is 0.909 bits per heavy atom. The van der Waals surface area contributed by atoms with Gasteiger partial charge in [-0.2, -0.15) is 22.1 Å². The summed E-state index contributed by atoms with van der Waals surface area (Å²) in [7, 11) is -1.54. The Bertz CT molecular complexity index is 1060. The molecule has 0 aromatic heterocycles. The Balaban J connectivity index is 1.43. The maximum absolute atomic E-state index is 13.2. The highest BCUT2D eigenvalue weighted by atomic mass is 32.2. The third-order valence-corrected chi connectivity index (χ3v) is 8.55. The lowest BCUT2D eigenvalue weighted by Gasteiger charge is -2.39. The lowest BCUT2D eigenvalue weighted by atomic mass is 10.1. The highest BCUT2D eigenvalue weighted by Gasteiger charge is 2.36. The highest BCUT2D eigenvalue weighted by Crippen LogP contribution is 2.26. The molecule has 180 valence electrons. The van der Waals surface area contributed by atoms with E-state index in [4.69, 9.17) is 0 Å². The first-order valence-electron chi connectivity index (χ1n) is 11.4. The number of nitrogens with zero attached hydrogens (tertiary/aromatic N) is 6. The van der Waals surface area contributed by atoms with E-state index in [-0.39, 0.29) is 31.3 Å². The summed E-state index contributed by atoms with van der Waals surface area (Å²) in [6, 6.07) is 5.80. The van der Waals surface area contributed by atoms with Gasteiger partial charge in [-0.3, -0.25) is 9.59 Å². The van der Waals surface area contributed by atoms with Gasteiger partial charge in [-0.1, -0.05) is 12.1 Å². The summed E-state index contributed by atoms with van der Waals surface area (Å²) in [6.45, 7) is 7.38. The maximum atomic E-state index is 13.2. The van der Waals surface area contributed by atoms with E-state index in [1.807, 2.05) is 39.1 Å². The van der Waals surface area contributed by atoms with E-state index in [0.29, 0.717) is 57.1 Å². The van der Waals surface area contributed by atoms with E-state index in [9.17, 15) is 18.0 Å². The molecule has 0 aliphatic carbocycles. The summed E-state index contributed by atoms with van der Waals surface area (Å²) in [6.07, 6.45) is 0.508. The van der Waals surface area contributed by atoms with Crippen molar-refractivity contribution in [1.82, 2.24) is 18.4 Å². The van der Waals surface area contributed by atoms with Gasteiger partial charge in [0.05, 0.1) is 5.69 Å². The van der Waals surface area contributed by atoms with Gasteiger partial charge in [0.15, 0.2) is 0 Å². The number of piperazine rings is 2. The van der Waals surface area contributed by atoms with E-state index in [1.165, 1.54) is 13.6 Å². The van der Waals surface area contributed by atoms with E-state index >= 15 is 0 Å². The third kappa shape index (κ3) is 4.96. The van der Waals surface area contributed by atoms with Gasteiger partial charge in [-0.25, -0.2) is 5.01 Å². The number of carbonyl (C=O) groups excluding carboxylic acids is 2. The molecule has 0 bridgehead atoms. The smallest absolute Gasteiger partial charge is 0.282 e. The minimum Gasteiger partial charge on any atom is -0.335 e. The Morgan fingerprint density at radius 3 is 2.15 bits per heavy atom. The Hall–Kier alpha value is -2.34. The topological polar surface area (TPSA) is 96.8 Å². The molecule has 2 fully saturated rings. The van der Waals surface area contributed by atoms with Crippen LogP contribution in [0.3, 0.4) is 0 Å². The van der Waals surface area contributed by atoms with Crippen LogP contribution in [-0.4, -0.2) is 104 Å². The van der Waals surface area contributed by atoms with E-state index in [0.717, 1.165) is 11.1 Å². The minimum absolute atomic E-state index is 0.136. The third-order valence-electron chi connectivity index (χ3n) is 6.51. The zero-order valence-corrected chi connectivity index (χ0v) is 20.3. The van der Waals surface area contributed by atoms with E-state index in [1.54, 1.807) is 4.90 Å². The predicted octanol–water partition coefficient (Wildman–Crippen LogP) is 0.423. The molecule has 33 heavy (non-hydrogen) atoms. The highest BCUT2D eigenvalue weighted by molar-refractivity contribution is 7.86. The van der Waals surface area contributed by atoms with Crippen molar-refractivity contribution in [2.24, 2.45) is 5.10 Å². The van der Waals surface area contributed by atoms with Gasteiger partial charge in [0, 0.05) is 65.2 Å². The molecule has 3 heterocycles. The zero-order chi connectivity index (χ0) is 23.8. The van der Waals surface area contributed by atoms with Gasteiger partial charge >= 0.3 is 0 Å². The number of aryl methyl sites for hydroxylation is 2. The van der Waals surface area contributed by atoms with E-state index in [2.05, 4.69) is 10.0 Å². The van der Waals surface area contributed by atoms with Crippen LogP contribution in [-0.2, 0) is 19.8 Å². The normalized spacial score (nSPS) is 21.9. The molecule has 0 saturated carbocycles. The van der Waals surface area contributed by atoms with Crippen molar-refractivity contribution in [3.63, 3.8) is 0 Å². The van der Waals surface area contributed by atoms with Crippen LogP contribution in [0, 0.1) is 13.8 Å². The molecule has 1 aromatic rings. The number of hydrogen-bond acceptors (Lipinski definition) is 6. The number of hydrogen-bond donors (Lipinski definition) is 0. The molecule has 2 amide bonds.